The molecule has 4 unspecified atom stereocenters. The molecular weight excluding hydrogens is 910 g/mol. The first-order valence-corrected chi connectivity index (χ1v) is 25.1. The van der Waals surface area contributed by atoms with Crippen LogP contribution in [0.15, 0.2) is 80.3 Å². The second-order valence-electron chi connectivity index (χ2n) is 16.7. The van der Waals surface area contributed by atoms with Gasteiger partial charge < -0.3 is 24.8 Å². The number of sulfonamides is 1. The number of nitrogens with zero attached hydrogens (tertiary/aromatic N) is 7. The van der Waals surface area contributed by atoms with Crippen molar-refractivity contribution in [3.8, 4) is 0 Å². The van der Waals surface area contributed by atoms with Crippen molar-refractivity contribution in [3.63, 3.8) is 0 Å². The van der Waals surface area contributed by atoms with Crippen LogP contribution in [0.3, 0.4) is 0 Å². The van der Waals surface area contributed by atoms with Gasteiger partial charge in [-0.05, 0) is 100 Å². The molecule has 65 heavy (non-hydrogen) atoms. The van der Waals surface area contributed by atoms with Crippen LogP contribution >= 0.6 is 10.7 Å². The highest BCUT2D eigenvalue weighted by Crippen LogP contribution is 2.34. The number of hydrogen-bond acceptors (Lipinski definition) is 13. The maximum absolute atomic E-state index is 13.2. The number of hydrogen-bond donors (Lipinski definition) is 3. The average Bonchev–Trinajstić information content (AvgIpc) is 4.11. The lowest BCUT2D eigenvalue weighted by atomic mass is 9.97. The van der Waals surface area contributed by atoms with E-state index in [1.54, 1.807) is 15.2 Å². The molecule has 348 valence electrons. The summed E-state index contributed by atoms with van der Waals surface area (Å²) in [4.78, 5) is 39.8. The molecule has 18 nitrogen and oxygen atoms in total. The maximum atomic E-state index is 13.2. The average molecular weight is 959 g/mol. The Labute approximate surface area is 377 Å². The molecule has 4 fully saturated rings. The molecule has 10 rings (SSSR count). The molecule has 0 bridgehead atoms. The van der Waals surface area contributed by atoms with Gasteiger partial charge in [-0.25, -0.2) is 44.6 Å². The zero-order valence-corrected chi connectivity index (χ0v) is 38.0. The van der Waals surface area contributed by atoms with E-state index in [2.05, 4.69) is 32.2 Å². The van der Waals surface area contributed by atoms with E-state index < -0.39 is 30.7 Å². The molecule has 4 saturated heterocycles. The van der Waals surface area contributed by atoms with E-state index in [0.717, 1.165) is 106 Å². The second-order valence-corrected chi connectivity index (χ2v) is 21.2. The standard InChI is InChI=1S/C21H24FN5O4S.C15H21N5O2.C6H4ClFO2S/c1-13-11-26(32(29,30)16-4-2-15(22)3-5-16)12-17(13)19-24-21(28)18-10-23-20(27(18)25-19)14-6-8-31-9-7-14;1-9-11(2-5-16-9)13-18-15(21)12-8-17-14(20(12)19-13)10-3-6-22-7-4-10;7-11(9,10)6-3-1-5(8)2-4-6/h2-5,10,13-14,17H,6-9,11-12H2,1H3,(H,24,25,28);8-11,16H,2-7H2,1H3,(H,18,19,21);1-4H. The lowest BCUT2D eigenvalue weighted by molar-refractivity contribution is 0.0831. The Kier molecular flexibility index (Phi) is 13.9. The molecule has 23 heteroatoms. The number of aromatic nitrogens is 8. The largest absolute Gasteiger partial charge is 0.381 e. The van der Waals surface area contributed by atoms with Gasteiger partial charge in [-0.2, -0.15) is 14.5 Å². The minimum absolute atomic E-state index is 0.0417. The zero-order chi connectivity index (χ0) is 46.0. The van der Waals surface area contributed by atoms with E-state index in [9.17, 15) is 35.2 Å². The molecule has 0 radical (unpaired) electrons. The Morgan fingerprint density at radius 2 is 1.12 bits per heavy atom. The fraction of sp³-hybridized carbons (Fsp3) is 0.476. The monoisotopic (exact) mass is 958 g/mol. The third kappa shape index (κ3) is 10.2. The molecule has 4 aliphatic rings. The predicted octanol–water partition coefficient (Wildman–Crippen LogP) is 4.41. The third-order valence-corrected chi connectivity index (χ3v) is 15.6. The Bertz CT molecular complexity index is 2970. The number of H-pyrrole nitrogens is 2. The first-order valence-electron chi connectivity index (χ1n) is 21.4. The van der Waals surface area contributed by atoms with Crippen LogP contribution in [0.4, 0.5) is 8.78 Å². The highest BCUT2D eigenvalue weighted by molar-refractivity contribution is 8.13. The molecule has 4 aliphatic heterocycles. The van der Waals surface area contributed by atoms with E-state index >= 15 is 0 Å². The van der Waals surface area contributed by atoms with Gasteiger partial charge in [-0.1, -0.05) is 6.92 Å². The van der Waals surface area contributed by atoms with Gasteiger partial charge in [0.2, 0.25) is 10.0 Å². The summed E-state index contributed by atoms with van der Waals surface area (Å²) in [5, 5.41) is 12.8. The third-order valence-electron chi connectivity index (χ3n) is 12.4. The number of nitrogens with one attached hydrogen (secondary N) is 3. The number of ether oxygens (including phenoxy) is 2. The van der Waals surface area contributed by atoms with E-state index in [4.69, 9.17) is 30.4 Å². The SMILES string of the molecule is CC1CN(S(=O)(=O)c2ccc(F)cc2)CC1c1nn2c(C3CCOCC3)ncc2c(=O)[nH]1.CC1NCCC1c1nn2c(C3CCOCC3)ncc2c(=O)[nH]1.O=S(=O)(Cl)c1ccc(F)cc1. The fourth-order valence-electron chi connectivity index (χ4n) is 8.73. The van der Waals surface area contributed by atoms with Crippen LogP contribution in [0.5, 0.6) is 0 Å². The summed E-state index contributed by atoms with van der Waals surface area (Å²) in [5.41, 5.74) is 0.503. The van der Waals surface area contributed by atoms with E-state index in [-0.39, 0.29) is 57.7 Å². The summed E-state index contributed by atoms with van der Waals surface area (Å²) in [6, 6.07) is 9.41. The molecule has 4 aromatic heterocycles. The van der Waals surface area contributed by atoms with Gasteiger partial charge >= 0.3 is 0 Å². The Morgan fingerprint density at radius 3 is 1.57 bits per heavy atom. The molecule has 0 saturated carbocycles. The number of aromatic amines is 2. The Morgan fingerprint density at radius 1 is 0.662 bits per heavy atom. The predicted molar refractivity (Wildman–Crippen MR) is 234 cm³/mol. The molecule has 0 amide bonds. The highest BCUT2D eigenvalue weighted by Gasteiger charge is 2.40. The number of rotatable bonds is 7. The number of halogens is 3. The van der Waals surface area contributed by atoms with Crippen LogP contribution in [-0.2, 0) is 28.5 Å². The molecule has 8 heterocycles. The van der Waals surface area contributed by atoms with Crippen molar-refractivity contribution in [2.75, 3.05) is 46.1 Å². The van der Waals surface area contributed by atoms with Gasteiger partial charge in [-0.15, -0.1) is 0 Å². The molecule has 3 N–H and O–H groups in total. The molecule has 6 aromatic rings. The minimum Gasteiger partial charge on any atom is -0.381 e. The van der Waals surface area contributed by atoms with Gasteiger partial charge in [-0.3, -0.25) is 9.59 Å². The van der Waals surface area contributed by atoms with Crippen LogP contribution < -0.4 is 16.4 Å². The smallest absolute Gasteiger partial charge is 0.276 e. The molecule has 0 aliphatic carbocycles. The van der Waals surface area contributed by atoms with E-state index in [1.165, 1.54) is 22.6 Å². The molecule has 4 atom stereocenters. The van der Waals surface area contributed by atoms with Gasteiger partial charge in [0.25, 0.3) is 20.2 Å². The van der Waals surface area contributed by atoms with Gasteiger partial charge in [0, 0.05) is 79.9 Å². The second kappa shape index (κ2) is 19.5. The summed E-state index contributed by atoms with van der Waals surface area (Å²) in [6.07, 6.45) is 7.66. The number of imidazole rings is 2. The van der Waals surface area contributed by atoms with Crippen molar-refractivity contribution in [1.82, 2.24) is 48.8 Å². The first kappa shape index (κ1) is 46.6. The van der Waals surface area contributed by atoms with Crippen LogP contribution in [0.1, 0.15) is 92.9 Å². The fourth-order valence-corrected chi connectivity index (χ4v) is 11.1. The van der Waals surface area contributed by atoms with Crippen molar-refractivity contribution < 1.29 is 35.1 Å². The van der Waals surface area contributed by atoms with Crippen molar-refractivity contribution in [2.24, 2.45) is 5.92 Å². The zero-order valence-electron chi connectivity index (χ0n) is 35.6. The first-order chi connectivity index (χ1) is 31.1. The van der Waals surface area contributed by atoms with Crippen LogP contribution in [0.2, 0.25) is 0 Å². The van der Waals surface area contributed by atoms with Crippen LogP contribution in [0.25, 0.3) is 11.0 Å². The topological polar surface area (TPSA) is 228 Å². The summed E-state index contributed by atoms with van der Waals surface area (Å²) >= 11 is 0. The van der Waals surface area contributed by atoms with Gasteiger partial charge in [0.05, 0.1) is 22.2 Å². The number of benzene rings is 2. The van der Waals surface area contributed by atoms with Gasteiger partial charge in [0.15, 0.2) is 11.0 Å². The summed E-state index contributed by atoms with van der Waals surface area (Å²) in [6.45, 7) is 8.27. The summed E-state index contributed by atoms with van der Waals surface area (Å²) in [5.74, 6) is 2.22. The van der Waals surface area contributed by atoms with Crippen molar-refractivity contribution >= 4 is 40.8 Å². The molecule has 2 aromatic carbocycles. The number of fused-ring (bicyclic) bond motifs is 2. The Balaban J connectivity index is 0.000000150. The highest BCUT2D eigenvalue weighted by atomic mass is 35.7. The quantitative estimate of drug-likeness (QED) is 0.189. The van der Waals surface area contributed by atoms with E-state index in [1.807, 2.05) is 6.92 Å². The lowest BCUT2D eigenvalue weighted by Gasteiger charge is -2.21. The van der Waals surface area contributed by atoms with Gasteiger partial charge in [0.1, 0.15) is 34.9 Å². The summed E-state index contributed by atoms with van der Waals surface area (Å²) in [7, 11) is -2.54. The summed E-state index contributed by atoms with van der Waals surface area (Å²) < 4.78 is 88.3. The molecule has 0 spiro atoms. The van der Waals surface area contributed by atoms with Crippen molar-refractivity contribution in [3.05, 3.63) is 117 Å². The van der Waals surface area contributed by atoms with Crippen molar-refractivity contribution in [2.45, 2.75) is 85.5 Å². The Hall–Kier alpha value is -4.97. The minimum atomic E-state index is -3.78. The van der Waals surface area contributed by atoms with Crippen LogP contribution in [0, 0.1) is 17.6 Å². The lowest BCUT2D eigenvalue weighted by Crippen LogP contribution is -2.29. The molecular formula is C42H49ClF2N10O8S2. The normalized spacial score (nSPS) is 22.4. The van der Waals surface area contributed by atoms with Crippen molar-refractivity contribution in [1.29, 1.82) is 0 Å². The van der Waals surface area contributed by atoms with Crippen LogP contribution in [-0.4, -0.2) is 112 Å². The van der Waals surface area contributed by atoms with E-state index in [0.29, 0.717) is 42.0 Å². The maximum Gasteiger partial charge on any atom is 0.276 e.